The summed E-state index contributed by atoms with van der Waals surface area (Å²) in [5.74, 6) is 0.471. The van der Waals surface area contributed by atoms with Crippen LogP contribution in [0.1, 0.15) is 18.1 Å². The van der Waals surface area contributed by atoms with E-state index in [2.05, 4.69) is 39.6 Å². The van der Waals surface area contributed by atoms with Gasteiger partial charge in [-0.1, -0.05) is 31.2 Å². The summed E-state index contributed by atoms with van der Waals surface area (Å²) >= 11 is 0. The first-order valence-electron chi connectivity index (χ1n) is 8.78. The predicted molar refractivity (Wildman–Crippen MR) is 102 cm³/mol. The number of hydrogen-bond acceptors (Lipinski definition) is 6. The highest BCUT2D eigenvalue weighted by atomic mass is 16.6. The molecule has 28 heavy (non-hydrogen) atoms. The Kier molecular flexibility index (Phi) is 4.63. The van der Waals surface area contributed by atoms with Gasteiger partial charge in [0.05, 0.1) is 28.9 Å². The maximum Gasteiger partial charge on any atom is 0.269 e. The SMILES string of the molecule is CCc1ccc(-n2cc(-c3nnn(Cc4ccc([N+](=O)[O-])cc4)n3)cn2)cc1. The predicted octanol–water partition coefficient (Wildman–Crippen LogP) is 3.04. The molecule has 2 heterocycles. The van der Waals surface area contributed by atoms with E-state index < -0.39 is 4.92 Å². The lowest BCUT2D eigenvalue weighted by atomic mass is 10.1. The monoisotopic (exact) mass is 375 g/mol. The molecule has 0 atom stereocenters. The Labute approximate surface area is 160 Å². The highest BCUT2D eigenvalue weighted by Gasteiger charge is 2.11. The molecule has 2 aromatic carbocycles. The molecule has 0 saturated heterocycles. The van der Waals surface area contributed by atoms with Gasteiger partial charge in [0.1, 0.15) is 0 Å². The smallest absolute Gasteiger partial charge is 0.258 e. The van der Waals surface area contributed by atoms with E-state index in [9.17, 15) is 10.1 Å². The van der Waals surface area contributed by atoms with Gasteiger partial charge in [-0.3, -0.25) is 10.1 Å². The van der Waals surface area contributed by atoms with Crippen molar-refractivity contribution in [1.82, 2.24) is 30.0 Å². The standard InChI is InChI=1S/C19H17N7O2/c1-2-14-3-7-17(8-4-14)24-13-16(11-20-24)19-21-23-25(22-19)12-15-5-9-18(10-6-15)26(27)28/h3-11,13H,2,12H2,1H3. The summed E-state index contributed by atoms with van der Waals surface area (Å²) < 4.78 is 1.77. The number of nitrogens with zero attached hydrogens (tertiary/aromatic N) is 7. The number of rotatable bonds is 6. The van der Waals surface area contributed by atoms with Crippen molar-refractivity contribution in [3.63, 3.8) is 0 Å². The van der Waals surface area contributed by atoms with Crippen molar-refractivity contribution in [3.05, 3.63) is 82.2 Å². The minimum atomic E-state index is -0.428. The molecule has 0 radical (unpaired) electrons. The fraction of sp³-hybridized carbons (Fsp3) is 0.158. The zero-order valence-electron chi connectivity index (χ0n) is 15.1. The zero-order valence-corrected chi connectivity index (χ0v) is 15.1. The molecule has 0 spiro atoms. The van der Waals surface area contributed by atoms with Gasteiger partial charge in [-0.15, -0.1) is 10.2 Å². The molecule has 0 aliphatic carbocycles. The number of aromatic nitrogens is 6. The first kappa shape index (κ1) is 17.5. The summed E-state index contributed by atoms with van der Waals surface area (Å²) in [5.41, 5.74) is 3.89. The van der Waals surface area contributed by atoms with Gasteiger partial charge >= 0.3 is 0 Å². The van der Waals surface area contributed by atoms with E-state index in [4.69, 9.17) is 0 Å². The number of benzene rings is 2. The Morgan fingerprint density at radius 1 is 1.04 bits per heavy atom. The number of non-ortho nitro benzene ring substituents is 1. The zero-order chi connectivity index (χ0) is 19.5. The molecule has 4 rings (SSSR count). The van der Waals surface area contributed by atoms with E-state index >= 15 is 0 Å². The third kappa shape index (κ3) is 3.63. The number of hydrogen-bond donors (Lipinski definition) is 0. The fourth-order valence-corrected chi connectivity index (χ4v) is 2.78. The summed E-state index contributed by atoms with van der Waals surface area (Å²) in [6.45, 7) is 2.49. The van der Waals surface area contributed by atoms with Gasteiger partial charge in [0.25, 0.3) is 5.69 Å². The largest absolute Gasteiger partial charge is 0.269 e. The van der Waals surface area contributed by atoms with E-state index in [1.807, 2.05) is 18.3 Å². The summed E-state index contributed by atoms with van der Waals surface area (Å²) in [6, 6.07) is 14.5. The van der Waals surface area contributed by atoms with Crippen molar-refractivity contribution < 1.29 is 4.92 Å². The van der Waals surface area contributed by atoms with Gasteiger partial charge in [-0.2, -0.15) is 9.90 Å². The summed E-state index contributed by atoms with van der Waals surface area (Å²) in [4.78, 5) is 11.7. The molecular formula is C19H17N7O2. The van der Waals surface area contributed by atoms with Crippen molar-refractivity contribution in [2.75, 3.05) is 0 Å². The molecular weight excluding hydrogens is 358 g/mol. The molecule has 0 N–H and O–H groups in total. The first-order chi connectivity index (χ1) is 13.6. The van der Waals surface area contributed by atoms with Crippen LogP contribution >= 0.6 is 0 Å². The molecule has 0 aliphatic rings. The molecule has 0 unspecified atom stereocenters. The lowest BCUT2D eigenvalue weighted by Gasteiger charge is -2.02. The van der Waals surface area contributed by atoms with Crippen LogP contribution in [0.5, 0.6) is 0 Å². The fourth-order valence-electron chi connectivity index (χ4n) is 2.78. The third-order valence-corrected chi connectivity index (χ3v) is 4.37. The van der Waals surface area contributed by atoms with Crippen LogP contribution in [-0.2, 0) is 13.0 Å². The summed E-state index contributed by atoms with van der Waals surface area (Å²) in [7, 11) is 0. The molecule has 9 nitrogen and oxygen atoms in total. The van der Waals surface area contributed by atoms with Crippen molar-refractivity contribution in [3.8, 4) is 17.1 Å². The second-order valence-corrected chi connectivity index (χ2v) is 6.26. The summed E-state index contributed by atoms with van der Waals surface area (Å²) in [5, 5.41) is 27.6. The van der Waals surface area contributed by atoms with Gasteiger partial charge < -0.3 is 0 Å². The Morgan fingerprint density at radius 2 is 1.75 bits per heavy atom. The van der Waals surface area contributed by atoms with Gasteiger partial charge in [-0.25, -0.2) is 4.68 Å². The topological polar surface area (TPSA) is 105 Å². The van der Waals surface area contributed by atoms with Crippen LogP contribution in [0.2, 0.25) is 0 Å². The van der Waals surface area contributed by atoms with Crippen molar-refractivity contribution in [1.29, 1.82) is 0 Å². The Bertz CT molecular complexity index is 1100. The normalized spacial score (nSPS) is 10.9. The van der Waals surface area contributed by atoms with E-state index in [0.29, 0.717) is 12.4 Å². The van der Waals surface area contributed by atoms with Crippen LogP contribution in [0.4, 0.5) is 5.69 Å². The summed E-state index contributed by atoms with van der Waals surface area (Å²) in [6.07, 6.45) is 4.54. The maximum atomic E-state index is 10.7. The van der Waals surface area contributed by atoms with Crippen LogP contribution in [0.25, 0.3) is 17.1 Å². The molecule has 140 valence electrons. The lowest BCUT2D eigenvalue weighted by Crippen LogP contribution is -2.04. The minimum Gasteiger partial charge on any atom is -0.258 e. The number of tetrazole rings is 1. The van der Waals surface area contributed by atoms with E-state index in [0.717, 1.165) is 23.2 Å². The second kappa shape index (κ2) is 7.39. The van der Waals surface area contributed by atoms with Crippen molar-refractivity contribution in [2.24, 2.45) is 0 Å². The second-order valence-electron chi connectivity index (χ2n) is 6.26. The highest BCUT2D eigenvalue weighted by Crippen LogP contribution is 2.17. The molecule has 0 fully saturated rings. The van der Waals surface area contributed by atoms with Gasteiger partial charge in [0.2, 0.25) is 5.82 Å². The number of nitro benzene ring substituents is 1. The van der Waals surface area contributed by atoms with Crippen LogP contribution in [-0.4, -0.2) is 34.9 Å². The molecule has 4 aromatic rings. The molecule has 0 bridgehead atoms. The third-order valence-electron chi connectivity index (χ3n) is 4.37. The first-order valence-corrected chi connectivity index (χ1v) is 8.78. The van der Waals surface area contributed by atoms with E-state index in [1.54, 1.807) is 23.0 Å². The number of aryl methyl sites for hydroxylation is 1. The Morgan fingerprint density at radius 3 is 2.43 bits per heavy atom. The number of nitro groups is 1. The Hall–Kier alpha value is -3.88. The van der Waals surface area contributed by atoms with Gasteiger partial charge in [0, 0.05) is 18.3 Å². The van der Waals surface area contributed by atoms with Gasteiger partial charge in [-0.05, 0) is 34.9 Å². The van der Waals surface area contributed by atoms with E-state index in [-0.39, 0.29) is 5.69 Å². The quantitative estimate of drug-likeness (QED) is 0.379. The van der Waals surface area contributed by atoms with Crippen LogP contribution < -0.4 is 0 Å². The van der Waals surface area contributed by atoms with Crippen LogP contribution in [0.3, 0.4) is 0 Å². The molecule has 0 aliphatic heterocycles. The molecule has 0 amide bonds. The average Bonchev–Trinajstić information content (AvgIpc) is 3.38. The van der Waals surface area contributed by atoms with Crippen molar-refractivity contribution in [2.45, 2.75) is 19.9 Å². The molecule has 9 heteroatoms. The van der Waals surface area contributed by atoms with Crippen LogP contribution in [0.15, 0.2) is 60.9 Å². The highest BCUT2D eigenvalue weighted by molar-refractivity contribution is 5.52. The van der Waals surface area contributed by atoms with Gasteiger partial charge in [0.15, 0.2) is 0 Å². The van der Waals surface area contributed by atoms with Crippen molar-refractivity contribution >= 4 is 5.69 Å². The average molecular weight is 375 g/mol. The van der Waals surface area contributed by atoms with Crippen LogP contribution in [0, 0.1) is 10.1 Å². The van der Waals surface area contributed by atoms with E-state index in [1.165, 1.54) is 22.5 Å². The minimum absolute atomic E-state index is 0.0513. The molecule has 2 aromatic heterocycles. The lowest BCUT2D eigenvalue weighted by molar-refractivity contribution is -0.384. The maximum absolute atomic E-state index is 10.7. The Balaban J connectivity index is 1.49. The molecule has 0 saturated carbocycles.